The number of rotatable bonds is 9. The Balaban J connectivity index is 3.85. The van der Waals surface area contributed by atoms with Crippen molar-refractivity contribution in [1.29, 1.82) is 0 Å². The van der Waals surface area contributed by atoms with Gasteiger partial charge in [-0.2, -0.15) is 0 Å². The summed E-state index contributed by atoms with van der Waals surface area (Å²) >= 11 is -0.790. The Kier molecular flexibility index (Phi) is 9.88. The second-order valence-corrected chi connectivity index (χ2v) is 12.3. The summed E-state index contributed by atoms with van der Waals surface area (Å²) in [6, 6.07) is 0.740. The zero-order chi connectivity index (χ0) is 14.3. The molecule has 0 aromatic rings. The van der Waals surface area contributed by atoms with Crippen LogP contribution in [0.1, 0.15) is 40.5 Å². The molecule has 0 aromatic carbocycles. The van der Waals surface area contributed by atoms with E-state index in [9.17, 15) is 0 Å². The van der Waals surface area contributed by atoms with Gasteiger partial charge in [0.05, 0.1) is 0 Å². The minimum atomic E-state index is -0.790. The SMILES string of the molecule is CC(C)C(C)CCN(C)C(C)CCI(C)N(C)C. The first-order valence-electron chi connectivity index (χ1n) is 7.19. The van der Waals surface area contributed by atoms with Gasteiger partial charge in [-0.05, 0) is 0 Å². The molecule has 112 valence electrons. The summed E-state index contributed by atoms with van der Waals surface area (Å²) in [6.45, 7) is 10.7. The van der Waals surface area contributed by atoms with Crippen molar-refractivity contribution in [2.75, 3.05) is 37.0 Å². The molecule has 0 aliphatic heterocycles. The van der Waals surface area contributed by atoms with Crippen LogP contribution in [0, 0.1) is 11.8 Å². The molecule has 0 aliphatic carbocycles. The fourth-order valence-electron chi connectivity index (χ4n) is 1.67. The van der Waals surface area contributed by atoms with Gasteiger partial charge in [-0.3, -0.25) is 0 Å². The molecule has 0 aliphatic rings. The Bertz CT molecular complexity index is 185. The molecule has 0 N–H and O–H groups in total. The van der Waals surface area contributed by atoms with E-state index in [1.54, 1.807) is 0 Å². The maximum atomic E-state index is 2.55. The van der Waals surface area contributed by atoms with Gasteiger partial charge < -0.3 is 0 Å². The molecule has 0 heterocycles. The summed E-state index contributed by atoms with van der Waals surface area (Å²) in [5.74, 6) is 1.66. The van der Waals surface area contributed by atoms with Gasteiger partial charge in [0.25, 0.3) is 0 Å². The van der Waals surface area contributed by atoms with Gasteiger partial charge in [0, 0.05) is 0 Å². The molecule has 0 amide bonds. The van der Waals surface area contributed by atoms with Crippen molar-refractivity contribution in [1.82, 2.24) is 8.01 Å². The summed E-state index contributed by atoms with van der Waals surface area (Å²) in [4.78, 5) is 5.02. The molecule has 0 aromatic heterocycles. The van der Waals surface area contributed by atoms with E-state index in [2.05, 4.69) is 61.8 Å². The molecule has 18 heavy (non-hydrogen) atoms. The first-order chi connectivity index (χ1) is 8.25. The zero-order valence-corrected chi connectivity index (χ0v) is 16.0. The zero-order valence-electron chi connectivity index (χ0n) is 13.8. The van der Waals surface area contributed by atoms with Gasteiger partial charge in [-0.1, -0.05) is 0 Å². The third-order valence-corrected chi connectivity index (χ3v) is 9.68. The van der Waals surface area contributed by atoms with E-state index >= 15 is 0 Å². The monoisotopic (exact) mass is 370 g/mol. The Morgan fingerprint density at radius 3 is 1.94 bits per heavy atom. The van der Waals surface area contributed by atoms with Crippen LogP contribution in [0.2, 0.25) is 0 Å². The molecule has 0 saturated heterocycles. The fraction of sp³-hybridized carbons (Fsp3) is 1.00. The molecular weight excluding hydrogens is 335 g/mol. The number of hydrogen-bond donors (Lipinski definition) is 0. The fourth-order valence-corrected chi connectivity index (χ4v) is 4.43. The molecule has 0 saturated carbocycles. The molecule has 2 atom stereocenters. The van der Waals surface area contributed by atoms with E-state index in [0.717, 1.165) is 17.9 Å². The van der Waals surface area contributed by atoms with E-state index in [1.165, 1.54) is 23.8 Å². The van der Waals surface area contributed by atoms with E-state index in [1.807, 2.05) is 0 Å². The molecule has 2 unspecified atom stereocenters. The van der Waals surface area contributed by atoms with Crippen LogP contribution >= 0.6 is 20.1 Å². The van der Waals surface area contributed by atoms with Crippen molar-refractivity contribution >= 4 is 20.1 Å². The topological polar surface area (TPSA) is 6.48 Å². The maximum absolute atomic E-state index is 2.55. The molecule has 2 nitrogen and oxygen atoms in total. The minimum absolute atomic E-state index is 0.740. The predicted octanol–water partition coefficient (Wildman–Crippen LogP) is 3.99. The molecule has 0 fully saturated rings. The third-order valence-electron chi connectivity index (χ3n) is 4.21. The second kappa shape index (κ2) is 9.54. The van der Waals surface area contributed by atoms with Gasteiger partial charge in [0.15, 0.2) is 0 Å². The number of nitrogens with zero attached hydrogens (tertiary/aromatic N) is 2. The summed E-state index contributed by atoms with van der Waals surface area (Å²) in [5, 5.41) is 0. The first-order valence-corrected chi connectivity index (χ1v) is 11.8. The van der Waals surface area contributed by atoms with Gasteiger partial charge in [0.2, 0.25) is 0 Å². The van der Waals surface area contributed by atoms with Crippen LogP contribution < -0.4 is 0 Å². The van der Waals surface area contributed by atoms with E-state index < -0.39 is 20.1 Å². The van der Waals surface area contributed by atoms with Crippen LogP contribution in [0.3, 0.4) is 0 Å². The number of alkyl halides is 2. The van der Waals surface area contributed by atoms with E-state index in [4.69, 9.17) is 0 Å². The van der Waals surface area contributed by atoms with Gasteiger partial charge >= 0.3 is 124 Å². The van der Waals surface area contributed by atoms with Crippen LogP contribution in [0.25, 0.3) is 0 Å². The average molecular weight is 370 g/mol. The Hall–Kier alpha value is 0.650. The van der Waals surface area contributed by atoms with Crippen molar-refractivity contribution < 1.29 is 0 Å². The Labute approximate surface area is 123 Å². The number of halogens is 1. The molecule has 0 bridgehead atoms. The van der Waals surface area contributed by atoms with Crippen molar-refractivity contribution in [2.45, 2.75) is 46.6 Å². The standard InChI is InChI=1S/C15H35IN2/c1-13(2)14(3)10-12-18(8)15(4)9-11-16(5)17(6)7/h13-15H,9-12H2,1-8H3. The molecular formula is C15H35IN2. The predicted molar refractivity (Wildman–Crippen MR) is 93.8 cm³/mol. The first kappa shape index (κ1) is 18.7. The summed E-state index contributed by atoms with van der Waals surface area (Å²) in [6.07, 6.45) is 2.70. The molecule has 0 radical (unpaired) electrons. The second-order valence-electron chi connectivity index (χ2n) is 6.16. The van der Waals surface area contributed by atoms with Crippen molar-refractivity contribution in [3.8, 4) is 0 Å². The van der Waals surface area contributed by atoms with Crippen molar-refractivity contribution in [3.63, 3.8) is 0 Å². The van der Waals surface area contributed by atoms with Crippen LogP contribution in [-0.2, 0) is 0 Å². The van der Waals surface area contributed by atoms with Gasteiger partial charge in [-0.15, -0.1) is 0 Å². The summed E-state index contributed by atoms with van der Waals surface area (Å²) in [5.41, 5.74) is 0. The molecule has 3 heteroatoms. The third kappa shape index (κ3) is 7.95. The molecule has 0 spiro atoms. The van der Waals surface area contributed by atoms with Crippen molar-refractivity contribution in [2.24, 2.45) is 11.8 Å². The summed E-state index contributed by atoms with van der Waals surface area (Å²) < 4.78 is 3.92. The van der Waals surface area contributed by atoms with E-state index in [0.29, 0.717) is 0 Å². The Morgan fingerprint density at radius 1 is 0.944 bits per heavy atom. The van der Waals surface area contributed by atoms with E-state index in [-0.39, 0.29) is 0 Å². The quantitative estimate of drug-likeness (QED) is 0.344. The van der Waals surface area contributed by atoms with Crippen LogP contribution in [0.15, 0.2) is 0 Å². The van der Waals surface area contributed by atoms with Gasteiger partial charge in [0.1, 0.15) is 0 Å². The molecule has 0 rings (SSSR count). The number of hydrogen-bond acceptors (Lipinski definition) is 2. The van der Waals surface area contributed by atoms with Crippen molar-refractivity contribution in [3.05, 3.63) is 0 Å². The summed E-state index contributed by atoms with van der Waals surface area (Å²) in [7, 11) is 6.77. The van der Waals surface area contributed by atoms with Crippen LogP contribution in [0.4, 0.5) is 0 Å². The van der Waals surface area contributed by atoms with Gasteiger partial charge in [-0.25, -0.2) is 0 Å². The Morgan fingerprint density at radius 2 is 1.50 bits per heavy atom. The van der Waals surface area contributed by atoms with Crippen LogP contribution in [0.5, 0.6) is 0 Å². The normalized spacial score (nSPS) is 16.5. The van der Waals surface area contributed by atoms with Crippen LogP contribution in [-0.4, -0.2) is 51.1 Å². The average Bonchev–Trinajstić information content (AvgIpc) is 2.31.